The van der Waals surface area contributed by atoms with Gasteiger partial charge in [0, 0.05) is 18.3 Å². The highest BCUT2D eigenvalue weighted by atomic mass is 15.3. The van der Waals surface area contributed by atoms with Crippen molar-refractivity contribution in [2.75, 3.05) is 54.4 Å². The summed E-state index contributed by atoms with van der Waals surface area (Å²) in [6.07, 6.45) is 5.86. The quantitative estimate of drug-likeness (QED) is 0.536. The minimum Gasteiger partial charge on any atom is -0.328 e. The van der Waals surface area contributed by atoms with Crippen molar-refractivity contribution in [1.82, 2.24) is 0 Å². The summed E-state index contributed by atoms with van der Waals surface area (Å²) >= 11 is 0. The van der Waals surface area contributed by atoms with Crippen LogP contribution in [0.1, 0.15) is 25.7 Å². The lowest BCUT2D eigenvalue weighted by Crippen LogP contribution is -2.58. The molecule has 2 aliphatic rings. The van der Waals surface area contributed by atoms with Crippen molar-refractivity contribution < 1.29 is 8.97 Å². The van der Waals surface area contributed by atoms with Crippen LogP contribution in [-0.2, 0) is 0 Å². The predicted molar refractivity (Wildman–Crippen MR) is 64.6 cm³/mol. The molecule has 2 heterocycles. The van der Waals surface area contributed by atoms with Gasteiger partial charge < -0.3 is 8.97 Å². The summed E-state index contributed by atoms with van der Waals surface area (Å²) in [5.74, 6) is 0. The van der Waals surface area contributed by atoms with Gasteiger partial charge in [0.05, 0.1) is 54.4 Å². The van der Waals surface area contributed by atoms with Crippen LogP contribution >= 0.6 is 0 Å². The van der Waals surface area contributed by atoms with Crippen LogP contribution in [0.15, 0.2) is 0 Å². The van der Waals surface area contributed by atoms with Gasteiger partial charge in [0.25, 0.3) is 0 Å². The maximum atomic E-state index is 2.41. The van der Waals surface area contributed by atoms with Crippen LogP contribution in [0.5, 0.6) is 0 Å². The van der Waals surface area contributed by atoms with E-state index in [0.29, 0.717) is 5.41 Å². The number of quaternary nitrogens is 2. The van der Waals surface area contributed by atoms with Crippen LogP contribution in [-0.4, -0.2) is 63.3 Å². The summed E-state index contributed by atoms with van der Waals surface area (Å²) in [6.45, 7) is 5.59. The molecular formula is C13H28N2+2. The topological polar surface area (TPSA) is 0 Å². The van der Waals surface area contributed by atoms with Gasteiger partial charge in [-0.3, -0.25) is 0 Å². The lowest BCUT2D eigenvalue weighted by atomic mass is 9.71. The van der Waals surface area contributed by atoms with Gasteiger partial charge in [0.15, 0.2) is 0 Å². The molecule has 0 aromatic rings. The molecule has 2 aliphatic heterocycles. The predicted octanol–water partition coefficient (Wildman–Crippen LogP) is 1.71. The highest BCUT2D eigenvalue weighted by Gasteiger charge is 2.45. The molecule has 2 nitrogen and oxygen atoms in total. The van der Waals surface area contributed by atoms with E-state index < -0.39 is 0 Å². The Kier molecular flexibility index (Phi) is 2.63. The van der Waals surface area contributed by atoms with E-state index in [2.05, 4.69) is 28.2 Å². The number of nitrogens with zero attached hydrogens (tertiary/aromatic N) is 2. The molecule has 0 radical (unpaired) electrons. The molecule has 1 spiro atoms. The molecule has 0 bridgehead atoms. The number of rotatable bonds is 0. The molecule has 15 heavy (non-hydrogen) atoms. The van der Waals surface area contributed by atoms with Gasteiger partial charge in [0.1, 0.15) is 0 Å². The summed E-state index contributed by atoms with van der Waals surface area (Å²) < 4.78 is 2.50. The molecule has 0 N–H and O–H groups in total. The molecule has 0 aromatic heterocycles. The molecule has 0 unspecified atom stereocenters. The van der Waals surface area contributed by atoms with Crippen molar-refractivity contribution in [2.45, 2.75) is 25.7 Å². The third kappa shape index (κ3) is 2.54. The SMILES string of the molecule is C[N+]1(C)CCC2(CCC[N+](C)(C)C2)CC1. The third-order valence-electron chi connectivity index (χ3n) is 4.73. The van der Waals surface area contributed by atoms with Gasteiger partial charge in [-0.2, -0.15) is 0 Å². The van der Waals surface area contributed by atoms with Crippen LogP contribution in [0.3, 0.4) is 0 Å². The van der Waals surface area contributed by atoms with Crippen molar-refractivity contribution in [3.05, 3.63) is 0 Å². The Morgan fingerprint density at radius 2 is 1.33 bits per heavy atom. The second-order valence-electron chi connectivity index (χ2n) is 7.30. The number of hydrogen-bond acceptors (Lipinski definition) is 0. The first-order chi connectivity index (χ1) is 6.83. The second kappa shape index (κ2) is 3.46. The van der Waals surface area contributed by atoms with E-state index in [1.165, 1.54) is 60.8 Å². The largest absolute Gasteiger partial charge is 0.328 e. The molecule has 88 valence electrons. The normalized spacial score (nSPS) is 32.8. The van der Waals surface area contributed by atoms with E-state index in [0.717, 1.165) is 0 Å². The van der Waals surface area contributed by atoms with Crippen LogP contribution < -0.4 is 0 Å². The number of likely N-dealkylation sites (tertiary alicyclic amines) is 2. The highest BCUT2D eigenvalue weighted by molar-refractivity contribution is 4.84. The summed E-state index contributed by atoms with van der Waals surface area (Å²) in [5, 5.41) is 0. The second-order valence-corrected chi connectivity index (χ2v) is 7.30. The average Bonchev–Trinajstić information content (AvgIpc) is 2.10. The van der Waals surface area contributed by atoms with Crippen LogP contribution in [0.4, 0.5) is 0 Å². The van der Waals surface area contributed by atoms with Crippen molar-refractivity contribution in [2.24, 2.45) is 5.41 Å². The Labute approximate surface area is 95.0 Å². The first-order valence-electron chi connectivity index (χ1n) is 6.47. The van der Waals surface area contributed by atoms with E-state index >= 15 is 0 Å². The Hall–Kier alpha value is -0.0800. The van der Waals surface area contributed by atoms with Crippen LogP contribution in [0, 0.1) is 5.41 Å². The lowest BCUT2D eigenvalue weighted by molar-refractivity contribution is -0.918. The molecule has 2 saturated heterocycles. The van der Waals surface area contributed by atoms with E-state index in [9.17, 15) is 0 Å². The Morgan fingerprint density at radius 3 is 1.87 bits per heavy atom. The van der Waals surface area contributed by atoms with E-state index in [4.69, 9.17) is 0 Å². The lowest BCUT2D eigenvalue weighted by Gasteiger charge is -2.50. The van der Waals surface area contributed by atoms with Crippen LogP contribution in [0.2, 0.25) is 0 Å². The first-order valence-corrected chi connectivity index (χ1v) is 6.47. The molecule has 0 atom stereocenters. The maximum Gasteiger partial charge on any atom is 0.0844 e. The molecular weight excluding hydrogens is 184 g/mol. The van der Waals surface area contributed by atoms with Crippen LogP contribution in [0.25, 0.3) is 0 Å². The van der Waals surface area contributed by atoms with Crippen molar-refractivity contribution >= 4 is 0 Å². The third-order valence-corrected chi connectivity index (χ3v) is 4.73. The maximum absolute atomic E-state index is 2.41. The number of hydrogen-bond donors (Lipinski definition) is 0. The van der Waals surface area contributed by atoms with Gasteiger partial charge >= 0.3 is 0 Å². The Bertz CT molecular complexity index is 233. The molecule has 2 heteroatoms. The van der Waals surface area contributed by atoms with E-state index in [-0.39, 0.29) is 0 Å². The molecule has 0 saturated carbocycles. The van der Waals surface area contributed by atoms with Crippen molar-refractivity contribution in [3.8, 4) is 0 Å². The summed E-state index contributed by atoms with van der Waals surface area (Å²) in [5.41, 5.74) is 0.704. The molecule has 0 amide bonds. The monoisotopic (exact) mass is 212 g/mol. The van der Waals surface area contributed by atoms with Gasteiger partial charge in [-0.1, -0.05) is 0 Å². The Balaban J connectivity index is 2.03. The number of piperidine rings is 2. The van der Waals surface area contributed by atoms with E-state index in [1.54, 1.807) is 0 Å². The fourth-order valence-corrected chi connectivity index (χ4v) is 3.67. The van der Waals surface area contributed by atoms with Gasteiger partial charge in [-0.25, -0.2) is 0 Å². The molecule has 0 aliphatic carbocycles. The molecule has 2 fully saturated rings. The highest BCUT2D eigenvalue weighted by Crippen LogP contribution is 2.42. The zero-order valence-electron chi connectivity index (χ0n) is 11.1. The minimum absolute atomic E-state index is 0.704. The summed E-state index contributed by atoms with van der Waals surface area (Å²) in [7, 11) is 9.59. The average molecular weight is 212 g/mol. The van der Waals surface area contributed by atoms with Crippen molar-refractivity contribution in [3.63, 3.8) is 0 Å². The minimum atomic E-state index is 0.704. The summed E-state index contributed by atoms with van der Waals surface area (Å²) in [6, 6.07) is 0. The van der Waals surface area contributed by atoms with Gasteiger partial charge in [-0.05, 0) is 12.8 Å². The van der Waals surface area contributed by atoms with E-state index in [1.807, 2.05) is 0 Å². The fraction of sp³-hybridized carbons (Fsp3) is 1.00. The Morgan fingerprint density at radius 1 is 0.733 bits per heavy atom. The van der Waals surface area contributed by atoms with Gasteiger partial charge in [0.2, 0.25) is 0 Å². The van der Waals surface area contributed by atoms with Gasteiger partial charge in [-0.15, -0.1) is 0 Å². The first kappa shape index (κ1) is 11.4. The standard InChI is InChI=1S/C13H28N2/c1-14(2)10-7-13(8-11-14)6-5-9-15(3,4)12-13/h5-12H2,1-4H3/q+2. The van der Waals surface area contributed by atoms with Crippen molar-refractivity contribution in [1.29, 1.82) is 0 Å². The zero-order valence-corrected chi connectivity index (χ0v) is 11.1. The molecule has 0 aromatic carbocycles. The summed E-state index contributed by atoms with van der Waals surface area (Å²) in [4.78, 5) is 0. The molecule has 2 rings (SSSR count). The zero-order chi connectivity index (χ0) is 11.2. The smallest absolute Gasteiger partial charge is 0.0844 e. The fourth-order valence-electron chi connectivity index (χ4n) is 3.67.